The smallest absolute Gasteiger partial charge is 0.0706 e. The molecule has 19 heavy (non-hydrogen) atoms. The summed E-state index contributed by atoms with van der Waals surface area (Å²) < 4.78 is 0. The fourth-order valence-corrected chi connectivity index (χ4v) is 6.79. The van der Waals surface area contributed by atoms with Gasteiger partial charge in [-0.15, -0.1) is 0 Å². The van der Waals surface area contributed by atoms with Crippen LogP contribution in [0.3, 0.4) is 0 Å². The van der Waals surface area contributed by atoms with Crippen LogP contribution in [0, 0.1) is 23.2 Å². The number of fused-ring (bicyclic) bond motifs is 4. The Bertz CT molecular complexity index is 324. The molecule has 5 aliphatic rings. The molecule has 5 fully saturated rings. The zero-order valence-corrected chi connectivity index (χ0v) is 13.0. The molecule has 0 amide bonds. The largest absolute Gasteiger partial charge is 0.146 e. The molecule has 1 heteroatoms. The minimum Gasteiger partial charge on any atom is -0.0706 e. The number of rotatable bonds is 2. The van der Waals surface area contributed by atoms with Crippen molar-refractivity contribution in [1.29, 1.82) is 0 Å². The van der Waals surface area contributed by atoms with Crippen LogP contribution < -0.4 is 0 Å². The molecule has 0 aromatic rings. The zero-order chi connectivity index (χ0) is 13.0. The Morgan fingerprint density at radius 3 is 2.05 bits per heavy atom. The molecule has 3 atom stereocenters. The Morgan fingerprint density at radius 2 is 1.53 bits per heavy atom. The van der Waals surface area contributed by atoms with E-state index in [0.29, 0.717) is 5.41 Å². The molecular formula is C18H31B. The van der Waals surface area contributed by atoms with Gasteiger partial charge in [-0.2, -0.15) is 0 Å². The van der Waals surface area contributed by atoms with E-state index in [1.54, 1.807) is 64.1 Å². The molecule has 0 aromatic heterocycles. The van der Waals surface area contributed by atoms with Gasteiger partial charge in [0.2, 0.25) is 0 Å². The first-order valence-electron chi connectivity index (χ1n) is 9.16. The summed E-state index contributed by atoms with van der Waals surface area (Å²) in [5.41, 5.74) is 0.701. The monoisotopic (exact) mass is 258 g/mol. The minimum atomic E-state index is 0.701. The van der Waals surface area contributed by atoms with Crippen molar-refractivity contribution in [3.8, 4) is 0 Å². The number of hydrogen-bond donors (Lipinski definition) is 0. The summed E-state index contributed by atoms with van der Waals surface area (Å²) in [6, 6.07) is 0. The predicted octanol–water partition coefficient (Wildman–Crippen LogP) is 5.66. The molecule has 0 unspecified atom stereocenters. The second kappa shape index (κ2) is 4.53. The van der Waals surface area contributed by atoms with E-state index < -0.39 is 0 Å². The molecule has 4 bridgehead atoms. The van der Waals surface area contributed by atoms with Crippen molar-refractivity contribution in [2.45, 2.75) is 89.6 Å². The van der Waals surface area contributed by atoms with Gasteiger partial charge in [-0.1, -0.05) is 76.7 Å². The Morgan fingerprint density at radius 1 is 0.895 bits per heavy atom. The maximum atomic E-state index is 2.57. The molecule has 2 aliphatic heterocycles. The lowest BCUT2D eigenvalue weighted by Gasteiger charge is -2.61. The van der Waals surface area contributed by atoms with Gasteiger partial charge in [0.05, 0.1) is 0 Å². The highest BCUT2D eigenvalue weighted by molar-refractivity contribution is 6.62. The van der Waals surface area contributed by atoms with Crippen molar-refractivity contribution in [2.24, 2.45) is 23.2 Å². The minimum absolute atomic E-state index is 0.701. The topological polar surface area (TPSA) is 0 Å². The van der Waals surface area contributed by atoms with Gasteiger partial charge in [-0.3, -0.25) is 0 Å². The average molecular weight is 258 g/mol. The fourth-order valence-electron chi connectivity index (χ4n) is 6.79. The van der Waals surface area contributed by atoms with E-state index in [4.69, 9.17) is 0 Å². The lowest BCUT2D eigenvalue weighted by Crippen LogP contribution is -2.53. The Kier molecular flexibility index (Phi) is 3.05. The molecule has 0 nitrogen and oxygen atoms in total. The second-order valence-electron chi connectivity index (χ2n) is 8.98. The van der Waals surface area contributed by atoms with Crippen LogP contribution in [0.25, 0.3) is 0 Å². The molecule has 106 valence electrons. The van der Waals surface area contributed by atoms with Crippen LogP contribution in [0.1, 0.15) is 71.6 Å². The van der Waals surface area contributed by atoms with E-state index in [0.717, 1.165) is 36.1 Å². The number of hydrogen-bond acceptors (Lipinski definition) is 0. The first-order chi connectivity index (χ1) is 9.16. The second-order valence-corrected chi connectivity index (χ2v) is 8.98. The summed E-state index contributed by atoms with van der Waals surface area (Å²) in [5.74, 6) is 5.54. The maximum absolute atomic E-state index is 2.57. The molecule has 0 aromatic carbocycles. The third-order valence-corrected chi connectivity index (χ3v) is 8.09. The van der Waals surface area contributed by atoms with Gasteiger partial charge >= 0.3 is 0 Å². The fraction of sp³-hybridized carbons (Fsp3) is 1.00. The van der Waals surface area contributed by atoms with Crippen molar-refractivity contribution in [1.82, 2.24) is 0 Å². The zero-order valence-electron chi connectivity index (χ0n) is 13.0. The first kappa shape index (κ1) is 12.8. The van der Waals surface area contributed by atoms with Crippen molar-refractivity contribution in [3.63, 3.8) is 0 Å². The van der Waals surface area contributed by atoms with Gasteiger partial charge in [-0.05, 0) is 36.0 Å². The molecule has 2 saturated heterocycles. The molecular weight excluding hydrogens is 227 g/mol. The van der Waals surface area contributed by atoms with E-state index in [1.807, 2.05) is 0 Å². The third-order valence-electron chi connectivity index (χ3n) is 8.09. The van der Waals surface area contributed by atoms with Crippen LogP contribution in [-0.4, -0.2) is 6.71 Å². The summed E-state index contributed by atoms with van der Waals surface area (Å²) in [7, 11) is 0. The van der Waals surface area contributed by atoms with Crippen LogP contribution in [-0.2, 0) is 0 Å². The molecule has 0 N–H and O–H groups in total. The lowest BCUT2D eigenvalue weighted by molar-refractivity contribution is -0.0991. The van der Waals surface area contributed by atoms with Gasteiger partial charge in [0.25, 0.3) is 0 Å². The summed E-state index contributed by atoms with van der Waals surface area (Å²) >= 11 is 0. The molecule has 3 saturated carbocycles. The Balaban J connectivity index is 1.46. The van der Waals surface area contributed by atoms with Gasteiger partial charge in [0, 0.05) is 0 Å². The molecule has 0 radical (unpaired) electrons. The molecule has 5 rings (SSSR count). The van der Waals surface area contributed by atoms with Crippen molar-refractivity contribution >= 4 is 6.71 Å². The van der Waals surface area contributed by atoms with Crippen molar-refractivity contribution < 1.29 is 0 Å². The molecule has 3 aliphatic carbocycles. The van der Waals surface area contributed by atoms with Gasteiger partial charge < -0.3 is 0 Å². The van der Waals surface area contributed by atoms with Gasteiger partial charge in [0.15, 0.2) is 0 Å². The third kappa shape index (κ3) is 1.94. The van der Waals surface area contributed by atoms with E-state index >= 15 is 0 Å². The average Bonchev–Trinajstić information content (AvgIpc) is 2.38. The van der Waals surface area contributed by atoms with E-state index in [-0.39, 0.29) is 0 Å². The van der Waals surface area contributed by atoms with Crippen LogP contribution >= 0.6 is 0 Å². The normalized spacial score (nSPS) is 47.7. The Labute approximate surface area is 120 Å². The summed E-state index contributed by atoms with van der Waals surface area (Å²) in [5, 5.41) is 0. The van der Waals surface area contributed by atoms with Gasteiger partial charge in [-0.25, -0.2) is 0 Å². The SMILES string of the molecule is CC1(C)[C@H]2CC[C@@H](CB3C4CCCC3CCC4)[C@@H]1C2. The van der Waals surface area contributed by atoms with Crippen LogP contribution in [0.2, 0.25) is 18.0 Å². The predicted molar refractivity (Wildman–Crippen MR) is 83.9 cm³/mol. The maximum Gasteiger partial charge on any atom is 0.146 e. The lowest BCUT2D eigenvalue weighted by atomic mass is 9.24. The standard InChI is InChI=1S/C18H31B/c1-18(2)14-10-9-13(17(18)11-14)12-19-15-5-3-6-16(19)8-4-7-15/h13-17H,3-12H2,1-2H3/t13-,14-,15?,16?,17-/m0/s1. The highest BCUT2D eigenvalue weighted by Gasteiger charge is 2.55. The summed E-state index contributed by atoms with van der Waals surface area (Å²) in [4.78, 5) is 0. The Hall–Kier alpha value is 0.0649. The van der Waals surface area contributed by atoms with E-state index in [2.05, 4.69) is 13.8 Å². The quantitative estimate of drug-likeness (QED) is 0.560. The first-order valence-corrected chi connectivity index (χ1v) is 9.16. The van der Waals surface area contributed by atoms with Crippen LogP contribution in [0.4, 0.5) is 0 Å². The molecule has 2 heterocycles. The highest BCUT2D eigenvalue weighted by atomic mass is 14.6. The van der Waals surface area contributed by atoms with Crippen molar-refractivity contribution in [3.05, 3.63) is 0 Å². The van der Waals surface area contributed by atoms with Gasteiger partial charge in [0.1, 0.15) is 6.71 Å². The van der Waals surface area contributed by atoms with E-state index in [9.17, 15) is 0 Å². The molecule has 0 spiro atoms. The van der Waals surface area contributed by atoms with Crippen LogP contribution in [0.5, 0.6) is 0 Å². The highest BCUT2D eigenvalue weighted by Crippen LogP contribution is 2.63. The summed E-state index contributed by atoms with van der Waals surface area (Å²) in [6.45, 7) is 6.28. The summed E-state index contributed by atoms with van der Waals surface area (Å²) in [6.07, 6.45) is 15.7. The van der Waals surface area contributed by atoms with Crippen molar-refractivity contribution in [2.75, 3.05) is 0 Å². The van der Waals surface area contributed by atoms with Crippen LogP contribution in [0.15, 0.2) is 0 Å². The van der Waals surface area contributed by atoms with E-state index in [1.165, 1.54) is 0 Å².